The molecule has 0 spiro atoms. The minimum atomic E-state index is -0.381. The lowest BCUT2D eigenvalue weighted by atomic mass is 10.1. The average Bonchev–Trinajstić information content (AvgIpc) is 2.19. The Kier molecular flexibility index (Phi) is 3.20. The summed E-state index contributed by atoms with van der Waals surface area (Å²) in [5.41, 5.74) is 1.04. The second-order valence-corrected chi connectivity index (χ2v) is 2.60. The number of hydrogen-bond acceptors (Lipinski definition) is 3. The van der Waals surface area contributed by atoms with Crippen molar-refractivity contribution < 1.29 is 9.53 Å². The summed E-state index contributed by atoms with van der Waals surface area (Å²) in [4.78, 5) is 10.8. The van der Waals surface area contributed by atoms with E-state index in [9.17, 15) is 4.79 Å². The summed E-state index contributed by atoms with van der Waals surface area (Å²) in [5, 5.41) is 7.56. The maximum absolute atomic E-state index is 10.8. The molecule has 1 aromatic rings. The molecule has 0 saturated carbocycles. The Labute approximate surface area is 76.9 Å². The molecule has 0 amide bonds. The highest BCUT2D eigenvalue weighted by atomic mass is 16.5. The van der Waals surface area contributed by atoms with Crippen molar-refractivity contribution in [2.24, 2.45) is 0 Å². The molecule has 0 atom stereocenters. The van der Waals surface area contributed by atoms with Crippen LogP contribution in [0.3, 0.4) is 0 Å². The van der Waals surface area contributed by atoms with Gasteiger partial charge in [0.05, 0.1) is 13.5 Å². The normalized spacial score (nSPS) is 9.31. The zero-order chi connectivity index (χ0) is 9.68. The first-order valence-electron chi connectivity index (χ1n) is 3.93. The first-order chi connectivity index (χ1) is 6.24. The molecule has 0 heterocycles. The Morgan fingerprint density at radius 3 is 2.54 bits per heavy atom. The van der Waals surface area contributed by atoms with Crippen molar-refractivity contribution in [1.82, 2.24) is 0 Å². The molecule has 0 aliphatic heterocycles. The fraction of sp³-hybridized carbons (Fsp3) is 0.200. The van der Waals surface area contributed by atoms with Crippen LogP contribution in [-0.2, 0) is 9.53 Å². The number of carbonyl (C=O) groups is 1. The highest BCUT2D eigenvalue weighted by Crippen LogP contribution is 2.03. The molecule has 0 unspecified atom stereocenters. The van der Waals surface area contributed by atoms with Gasteiger partial charge in [0.15, 0.2) is 0 Å². The Morgan fingerprint density at radius 1 is 1.38 bits per heavy atom. The van der Waals surface area contributed by atoms with Gasteiger partial charge in [0.25, 0.3) is 0 Å². The van der Waals surface area contributed by atoms with Crippen LogP contribution in [0, 0.1) is 5.41 Å². The third kappa shape index (κ3) is 2.71. The van der Waals surface area contributed by atoms with Crippen LogP contribution >= 0.6 is 0 Å². The van der Waals surface area contributed by atoms with Crippen LogP contribution in [0.2, 0.25) is 0 Å². The van der Waals surface area contributed by atoms with Crippen molar-refractivity contribution in [3.63, 3.8) is 0 Å². The number of rotatable bonds is 3. The van der Waals surface area contributed by atoms with Gasteiger partial charge in [0.1, 0.15) is 0 Å². The lowest BCUT2D eigenvalue weighted by Gasteiger charge is -2.01. The van der Waals surface area contributed by atoms with Gasteiger partial charge in [-0.2, -0.15) is 0 Å². The molecule has 0 radical (unpaired) electrons. The van der Waals surface area contributed by atoms with Gasteiger partial charge in [-0.05, 0) is 5.56 Å². The molecule has 0 aliphatic carbocycles. The Balaban J connectivity index is 2.65. The van der Waals surface area contributed by atoms with E-state index in [1.807, 2.05) is 18.2 Å². The van der Waals surface area contributed by atoms with Crippen LogP contribution in [0.1, 0.15) is 12.0 Å². The van der Waals surface area contributed by atoms with Crippen molar-refractivity contribution in [2.75, 3.05) is 7.11 Å². The molecule has 68 valence electrons. The largest absolute Gasteiger partial charge is 0.469 e. The van der Waals surface area contributed by atoms with Crippen LogP contribution in [0.25, 0.3) is 0 Å². The minimum absolute atomic E-state index is 0.0283. The molecule has 0 fully saturated rings. The third-order valence-corrected chi connectivity index (χ3v) is 1.67. The van der Waals surface area contributed by atoms with Crippen LogP contribution < -0.4 is 0 Å². The van der Waals surface area contributed by atoms with E-state index < -0.39 is 0 Å². The van der Waals surface area contributed by atoms with E-state index >= 15 is 0 Å². The van der Waals surface area contributed by atoms with Gasteiger partial charge < -0.3 is 10.1 Å². The summed E-state index contributed by atoms with van der Waals surface area (Å²) in [5.74, 6) is -0.381. The lowest BCUT2D eigenvalue weighted by molar-refractivity contribution is -0.139. The molecule has 0 bridgehead atoms. The van der Waals surface area contributed by atoms with Crippen LogP contribution in [0.4, 0.5) is 0 Å². The predicted octanol–water partition coefficient (Wildman–Crippen LogP) is 1.62. The Morgan fingerprint density at radius 2 is 2.00 bits per heavy atom. The predicted molar refractivity (Wildman–Crippen MR) is 49.9 cm³/mol. The first-order valence-corrected chi connectivity index (χ1v) is 3.93. The fourth-order valence-electron chi connectivity index (χ4n) is 0.958. The topological polar surface area (TPSA) is 50.2 Å². The molecule has 13 heavy (non-hydrogen) atoms. The smallest absolute Gasteiger partial charge is 0.311 e. The molecule has 1 rings (SSSR count). The van der Waals surface area contributed by atoms with E-state index in [0.29, 0.717) is 0 Å². The number of benzene rings is 1. The zero-order valence-corrected chi connectivity index (χ0v) is 7.41. The number of nitrogens with one attached hydrogen (secondary N) is 1. The van der Waals surface area contributed by atoms with E-state index in [-0.39, 0.29) is 18.1 Å². The SMILES string of the molecule is COC(=O)CC(=N)c1ccccc1. The molecule has 3 heteroatoms. The number of methoxy groups -OCH3 is 1. The lowest BCUT2D eigenvalue weighted by Crippen LogP contribution is -2.09. The van der Waals surface area contributed by atoms with E-state index in [0.717, 1.165) is 5.56 Å². The van der Waals surface area contributed by atoms with Crippen molar-refractivity contribution >= 4 is 11.7 Å². The van der Waals surface area contributed by atoms with Crippen LogP contribution in [0.15, 0.2) is 30.3 Å². The maximum atomic E-state index is 10.8. The number of ether oxygens (including phenoxy) is 1. The molecular formula is C10H11NO2. The average molecular weight is 177 g/mol. The van der Waals surface area contributed by atoms with E-state index in [2.05, 4.69) is 4.74 Å². The summed E-state index contributed by atoms with van der Waals surface area (Å²) in [6.07, 6.45) is 0.0283. The quantitative estimate of drug-likeness (QED) is 0.563. The summed E-state index contributed by atoms with van der Waals surface area (Å²) >= 11 is 0. The number of esters is 1. The first kappa shape index (κ1) is 9.45. The van der Waals surface area contributed by atoms with Crippen molar-refractivity contribution in [3.8, 4) is 0 Å². The van der Waals surface area contributed by atoms with Crippen molar-refractivity contribution in [2.45, 2.75) is 6.42 Å². The van der Waals surface area contributed by atoms with Gasteiger partial charge in [0.2, 0.25) is 0 Å². The Bertz CT molecular complexity index is 306. The standard InChI is InChI=1S/C10H11NO2/c1-13-10(12)7-9(11)8-5-3-2-4-6-8/h2-6,11H,7H2,1H3. The molecular weight excluding hydrogens is 166 g/mol. The molecule has 3 nitrogen and oxygen atoms in total. The highest BCUT2D eigenvalue weighted by molar-refractivity contribution is 6.07. The van der Waals surface area contributed by atoms with Gasteiger partial charge >= 0.3 is 5.97 Å². The summed E-state index contributed by atoms with van der Waals surface area (Å²) in [7, 11) is 1.32. The third-order valence-electron chi connectivity index (χ3n) is 1.67. The second-order valence-electron chi connectivity index (χ2n) is 2.60. The summed E-state index contributed by atoms with van der Waals surface area (Å²) < 4.78 is 4.46. The van der Waals surface area contributed by atoms with Gasteiger partial charge in [-0.3, -0.25) is 4.79 Å². The Hall–Kier alpha value is -1.64. The van der Waals surface area contributed by atoms with E-state index in [1.54, 1.807) is 12.1 Å². The fourth-order valence-corrected chi connectivity index (χ4v) is 0.958. The van der Waals surface area contributed by atoms with Gasteiger partial charge in [-0.1, -0.05) is 30.3 Å². The molecule has 0 aliphatic rings. The van der Waals surface area contributed by atoms with Gasteiger partial charge in [-0.15, -0.1) is 0 Å². The van der Waals surface area contributed by atoms with Gasteiger partial charge in [0, 0.05) is 5.71 Å². The van der Waals surface area contributed by atoms with Crippen molar-refractivity contribution in [1.29, 1.82) is 5.41 Å². The minimum Gasteiger partial charge on any atom is -0.469 e. The van der Waals surface area contributed by atoms with E-state index in [4.69, 9.17) is 5.41 Å². The maximum Gasteiger partial charge on any atom is 0.311 e. The van der Waals surface area contributed by atoms with Crippen LogP contribution in [0.5, 0.6) is 0 Å². The van der Waals surface area contributed by atoms with Crippen molar-refractivity contribution in [3.05, 3.63) is 35.9 Å². The van der Waals surface area contributed by atoms with Crippen LogP contribution in [-0.4, -0.2) is 18.8 Å². The monoisotopic (exact) mass is 177 g/mol. The highest BCUT2D eigenvalue weighted by Gasteiger charge is 2.06. The summed E-state index contributed by atoms with van der Waals surface area (Å²) in [6, 6.07) is 9.13. The van der Waals surface area contributed by atoms with E-state index in [1.165, 1.54) is 7.11 Å². The zero-order valence-electron chi connectivity index (χ0n) is 7.41. The van der Waals surface area contributed by atoms with Gasteiger partial charge in [-0.25, -0.2) is 0 Å². The number of hydrogen-bond donors (Lipinski definition) is 1. The molecule has 0 saturated heterocycles. The summed E-state index contributed by atoms with van der Waals surface area (Å²) in [6.45, 7) is 0. The molecule has 1 N–H and O–H groups in total. The molecule has 0 aromatic heterocycles. The second kappa shape index (κ2) is 4.40. The molecule has 1 aromatic carbocycles. The number of carbonyl (C=O) groups excluding carboxylic acids is 1.